The zero-order valence-electron chi connectivity index (χ0n) is 47.7. The zero-order chi connectivity index (χ0) is 56.1. The lowest BCUT2D eigenvalue weighted by Crippen LogP contribution is -2.66. The van der Waals surface area contributed by atoms with Crippen LogP contribution in [0.4, 0.5) is 10.5 Å². The number of benzene rings is 2. The number of phenols is 1. The average Bonchev–Trinajstić information content (AvgIpc) is 4.19. The molecule has 4 fully saturated rings. The van der Waals surface area contributed by atoms with Crippen molar-refractivity contribution in [2.24, 2.45) is 16.7 Å². The number of aromatic nitrogens is 2. The standard InChI is InChI=1S/C60H82N10O8/c1-13-50(72)67-33-37(5)70(38(6)34-67)58(76)65(11)52(36(3)4)55(73)62-48-27-40-25-42(28-44(71)26-40)41-15-16-49-45(29-41)47(31-59(8,9)35-78-57(75)54-60(17-18-60)19-20-69(63-54)56(48)74)53(68(49)14-2)46-30-43(32-61-51(46)39(7)77-12)66-23-21-64(10)22-24-66/h13,15-16,25-26,28-30,32,36-39,48,52,54,63,71H,1,14,17-24,27,31,33-35H2,2-12H3,(H,62,73)/t37-,38-,39+,48+,52+,54-/m1/s1. The maximum absolute atomic E-state index is 15.2. The van der Waals surface area contributed by atoms with E-state index >= 15 is 4.79 Å². The smallest absolute Gasteiger partial charge is 0.325 e. The average molecular weight is 1070 g/mol. The van der Waals surface area contributed by atoms with Gasteiger partial charge in [-0.15, -0.1) is 0 Å². The molecule has 0 unspecified atom stereocenters. The summed E-state index contributed by atoms with van der Waals surface area (Å²) < 4.78 is 14.8. The Balaban J connectivity index is 1.13. The van der Waals surface area contributed by atoms with E-state index in [0.717, 1.165) is 89.3 Å². The Morgan fingerprint density at radius 2 is 1.69 bits per heavy atom. The second kappa shape index (κ2) is 22.3. The van der Waals surface area contributed by atoms with Crippen molar-refractivity contribution < 1.29 is 38.6 Å². The number of esters is 1. The Morgan fingerprint density at radius 3 is 2.33 bits per heavy atom. The monoisotopic (exact) mass is 1070 g/mol. The van der Waals surface area contributed by atoms with Gasteiger partial charge in [-0.1, -0.05) is 46.4 Å². The first-order valence-corrected chi connectivity index (χ1v) is 28.0. The molecule has 9 rings (SSSR count). The lowest BCUT2D eigenvalue weighted by atomic mass is 9.83. The van der Waals surface area contributed by atoms with E-state index in [9.17, 15) is 24.3 Å². The highest BCUT2D eigenvalue weighted by atomic mass is 16.5. The molecule has 0 radical (unpaired) electrons. The number of nitrogens with zero attached hydrogens (tertiary/aromatic N) is 8. The van der Waals surface area contributed by atoms with Gasteiger partial charge in [0.25, 0.3) is 5.91 Å². The van der Waals surface area contributed by atoms with Crippen LogP contribution < -0.4 is 15.6 Å². The fraction of sp³-hybridized carbons (Fsp3) is 0.567. The van der Waals surface area contributed by atoms with Gasteiger partial charge in [0.15, 0.2) is 0 Å². The number of ether oxygens (including phenoxy) is 2. The van der Waals surface area contributed by atoms with E-state index in [1.807, 2.05) is 46.9 Å². The Hall–Kier alpha value is -6.50. The number of hydrazine groups is 1. The highest BCUT2D eigenvalue weighted by Crippen LogP contribution is 2.54. The van der Waals surface area contributed by atoms with Gasteiger partial charge in [-0.05, 0) is 130 Å². The number of likely N-dealkylation sites (N-methyl/N-ethyl adjacent to an activating group) is 2. The van der Waals surface area contributed by atoms with Crippen molar-refractivity contribution in [2.75, 3.05) is 78.5 Å². The Kier molecular flexibility index (Phi) is 16.1. The molecule has 1 spiro atoms. The lowest BCUT2D eigenvalue weighted by Gasteiger charge is -2.46. The first kappa shape index (κ1) is 56.2. The van der Waals surface area contributed by atoms with E-state index in [2.05, 4.69) is 83.8 Å². The second-order valence-corrected chi connectivity index (χ2v) is 24.0. The molecule has 6 heterocycles. The van der Waals surface area contributed by atoms with Crippen LogP contribution in [0, 0.1) is 16.7 Å². The number of urea groups is 1. The molecule has 1 saturated carbocycles. The number of rotatable bonds is 10. The van der Waals surface area contributed by atoms with Gasteiger partial charge in [0, 0.05) is 107 Å². The fourth-order valence-electron chi connectivity index (χ4n) is 12.7. The summed E-state index contributed by atoms with van der Waals surface area (Å²) in [5.74, 6) is -2.02. The number of nitrogens with one attached hydrogen (secondary N) is 2. The Bertz CT molecular complexity index is 2950. The number of carbonyl (C=O) groups excluding carboxylic acids is 5. The van der Waals surface area contributed by atoms with Gasteiger partial charge in [-0.25, -0.2) is 10.2 Å². The lowest BCUT2D eigenvalue weighted by molar-refractivity contribution is -0.159. The minimum Gasteiger partial charge on any atom is -0.508 e. The van der Waals surface area contributed by atoms with Crippen LogP contribution in [-0.4, -0.2) is 173 Å². The number of aromatic hydroxyl groups is 1. The van der Waals surface area contributed by atoms with Crippen LogP contribution in [0.1, 0.15) is 97.6 Å². The number of cyclic esters (lactones) is 1. The van der Waals surface area contributed by atoms with E-state index < -0.39 is 41.3 Å². The van der Waals surface area contributed by atoms with Gasteiger partial charge in [0.05, 0.1) is 36.0 Å². The summed E-state index contributed by atoms with van der Waals surface area (Å²) in [5.41, 5.74) is 10.5. The molecule has 5 amide bonds. The quantitative estimate of drug-likeness (QED) is 0.112. The summed E-state index contributed by atoms with van der Waals surface area (Å²) in [4.78, 5) is 86.5. The molecule has 4 aromatic rings. The Labute approximate surface area is 460 Å². The normalized spacial score (nSPS) is 23.4. The highest BCUT2D eigenvalue weighted by Gasteiger charge is 2.57. The summed E-state index contributed by atoms with van der Waals surface area (Å²) in [7, 11) is 5.45. The van der Waals surface area contributed by atoms with E-state index in [4.69, 9.17) is 14.5 Å². The molecule has 6 bridgehead atoms. The number of piperazine rings is 2. The molecule has 2 aromatic heterocycles. The second-order valence-electron chi connectivity index (χ2n) is 24.0. The minimum atomic E-state index is -1.19. The summed E-state index contributed by atoms with van der Waals surface area (Å²) in [6.07, 6.45) is 5.60. The van der Waals surface area contributed by atoms with Crippen LogP contribution in [0.3, 0.4) is 0 Å². The molecule has 6 atom stereocenters. The molecule has 1 aliphatic carbocycles. The number of methoxy groups -OCH3 is 1. The third kappa shape index (κ3) is 11.1. The van der Waals surface area contributed by atoms with Crippen LogP contribution in [0.15, 0.2) is 61.3 Å². The molecular formula is C60H82N10O8. The number of anilines is 1. The van der Waals surface area contributed by atoms with Crippen LogP contribution >= 0.6 is 0 Å². The van der Waals surface area contributed by atoms with Crippen molar-refractivity contribution >= 4 is 46.3 Å². The summed E-state index contributed by atoms with van der Waals surface area (Å²) in [5, 5.41) is 17.1. The fourth-order valence-corrected chi connectivity index (χ4v) is 12.7. The molecule has 2 aromatic carbocycles. The SMILES string of the molecule is C=CC(=O)N1C[C@@H](C)N(C(=O)N(C)[C@H](C(=O)N[C@H]2Cc3cc(O)cc(c3)-c3ccc4c(c3)c(c(-c3cc(N5CCN(C)CC5)cnc3[C@H](C)OC)n4CC)CC(C)(C)COC(=O)[C@H]3NN(CCC34CC4)C2=O)C(C)C)[C@H](C)C1. The summed E-state index contributed by atoms with van der Waals surface area (Å²) in [6, 6.07) is 9.84. The minimum absolute atomic E-state index is 0.00853. The van der Waals surface area contributed by atoms with Gasteiger partial charge in [0.2, 0.25) is 11.8 Å². The van der Waals surface area contributed by atoms with Crippen molar-refractivity contribution in [3.63, 3.8) is 0 Å². The molecule has 5 aliphatic rings. The summed E-state index contributed by atoms with van der Waals surface area (Å²) >= 11 is 0. The number of fused-ring (bicyclic) bond motifs is 7. The number of hydrogen-bond donors (Lipinski definition) is 3. The van der Waals surface area contributed by atoms with Crippen LogP contribution in [-0.2, 0) is 48.0 Å². The molecule has 18 nitrogen and oxygen atoms in total. The number of carbonyl (C=O) groups is 5. The van der Waals surface area contributed by atoms with Gasteiger partial charge in [-0.2, -0.15) is 0 Å². The summed E-state index contributed by atoms with van der Waals surface area (Å²) in [6.45, 7) is 24.8. The van der Waals surface area contributed by atoms with E-state index in [1.165, 1.54) is 16.0 Å². The van der Waals surface area contributed by atoms with Gasteiger partial charge in [0.1, 0.15) is 23.9 Å². The highest BCUT2D eigenvalue weighted by molar-refractivity contribution is 5.96. The van der Waals surface area contributed by atoms with Crippen molar-refractivity contribution in [2.45, 2.75) is 130 Å². The Morgan fingerprint density at radius 1 is 0.987 bits per heavy atom. The predicted molar refractivity (Wildman–Crippen MR) is 301 cm³/mol. The maximum atomic E-state index is 15.2. The molecule has 78 heavy (non-hydrogen) atoms. The van der Waals surface area contributed by atoms with Crippen molar-refractivity contribution in [3.8, 4) is 28.1 Å². The molecule has 420 valence electrons. The van der Waals surface area contributed by atoms with E-state index in [1.54, 1.807) is 36.1 Å². The van der Waals surface area contributed by atoms with Crippen molar-refractivity contribution in [1.29, 1.82) is 0 Å². The number of amides is 5. The molecule has 3 N–H and O–H groups in total. The maximum Gasteiger partial charge on any atom is 0.325 e. The first-order valence-electron chi connectivity index (χ1n) is 28.0. The molecule has 18 heteroatoms. The number of phenolic OH excluding ortho intramolecular Hbond substituents is 1. The van der Waals surface area contributed by atoms with Gasteiger partial charge < -0.3 is 49.0 Å². The van der Waals surface area contributed by atoms with Crippen LogP contribution in [0.2, 0.25) is 0 Å². The third-order valence-electron chi connectivity index (χ3n) is 17.2. The van der Waals surface area contributed by atoms with Gasteiger partial charge >= 0.3 is 12.0 Å². The van der Waals surface area contributed by atoms with Crippen LogP contribution in [0.5, 0.6) is 5.75 Å². The topological polar surface area (TPSA) is 185 Å². The first-order chi connectivity index (χ1) is 37.1. The van der Waals surface area contributed by atoms with Gasteiger partial charge in [-0.3, -0.25) is 29.2 Å². The predicted octanol–water partition coefficient (Wildman–Crippen LogP) is 6.78. The number of pyridine rings is 1. The molecular weight excluding hydrogens is 989 g/mol. The largest absolute Gasteiger partial charge is 0.508 e. The van der Waals surface area contributed by atoms with Crippen LogP contribution in [0.25, 0.3) is 33.3 Å². The van der Waals surface area contributed by atoms with E-state index in [-0.39, 0.29) is 60.2 Å². The van der Waals surface area contributed by atoms with Crippen molar-refractivity contribution in [3.05, 3.63) is 78.1 Å². The number of aryl methyl sites for hydroxylation is 1. The zero-order valence-corrected chi connectivity index (χ0v) is 47.7. The molecule has 4 aliphatic heterocycles. The third-order valence-corrected chi connectivity index (χ3v) is 17.2. The van der Waals surface area contributed by atoms with E-state index in [0.29, 0.717) is 44.6 Å². The number of hydrogen-bond acceptors (Lipinski definition) is 12. The van der Waals surface area contributed by atoms with Crippen molar-refractivity contribution in [1.82, 2.24) is 44.9 Å². The molecule has 3 saturated heterocycles.